The molecule has 0 aromatic heterocycles. The van der Waals surface area contributed by atoms with Crippen LogP contribution in [0.3, 0.4) is 0 Å². The van der Waals surface area contributed by atoms with Gasteiger partial charge in [-0.15, -0.1) is 0 Å². The van der Waals surface area contributed by atoms with Gasteiger partial charge in [-0.1, -0.05) is 41.4 Å². The molecule has 11 heteroatoms. The van der Waals surface area contributed by atoms with E-state index in [2.05, 4.69) is 5.32 Å². The van der Waals surface area contributed by atoms with Crippen LogP contribution < -0.4 is 9.62 Å². The molecule has 196 valence electrons. The fraction of sp³-hybridized carbons (Fsp3) is 0.400. The first-order valence-electron chi connectivity index (χ1n) is 11.1. The molecule has 2 rings (SSSR count). The highest BCUT2D eigenvalue weighted by atomic mass is 35.5. The van der Waals surface area contributed by atoms with Crippen molar-refractivity contribution in [3.8, 4) is 0 Å². The average Bonchev–Trinajstić information content (AvgIpc) is 2.75. The molecular formula is C25H31Cl2N3O5S. The smallest absolute Gasteiger partial charge is 0.244 e. The predicted molar refractivity (Wildman–Crippen MR) is 143 cm³/mol. The number of hydrogen-bond acceptors (Lipinski definition) is 5. The quantitative estimate of drug-likeness (QED) is 0.464. The van der Waals surface area contributed by atoms with Gasteiger partial charge in [-0.2, -0.15) is 0 Å². The fourth-order valence-corrected chi connectivity index (χ4v) is 4.55. The number of sulfonamides is 1. The third-order valence-corrected chi connectivity index (χ3v) is 7.10. The van der Waals surface area contributed by atoms with E-state index < -0.39 is 40.0 Å². The first kappa shape index (κ1) is 29.6. The van der Waals surface area contributed by atoms with E-state index in [0.717, 1.165) is 10.6 Å². The molecule has 8 nitrogen and oxygen atoms in total. The lowest BCUT2D eigenvalue weighted by Crippen LogP contribution is -2.54. The van der Waals surface area contributed by atoms with Crippen molar-refractivity contribution < 1.29 is 22.8 Å². The molecule has 0 saturated heterocycles. The molecule has 2 aromatic carbocycles. The topological polar surface area (TPSA) is 104 Å². The number of benzene rings is 2. The van der Waals surface area contributed by atoms with E-state index in [4.69, 9.17) is 23.2 Å². The minimum absolute atomic E-state index is 0.0143. The molecule has 0 saturated carbocycles. The lowest BCUT2D eigenvalue weighted by atomic mass is 10.1. The number of amides is 2. The zero-order chi connectivity index (χ0) is 27.4. The van der Waals surface area contributed by atoms with Crippen LogP contribution in [0.25, 0.3) is 0 Å². The largest absolute Gasteiger partial charge is 0.350 e. The summed E-state index contributed by atoms with van der Waals surface area (Å²) in [5, 5.41) is 3.47. The van der Waals surface area contributed by atoms with Gasteiger partial charge >= 0.3 is 0 Å². The van der Waals surface area contributed by atoms with Crippen LogP contribution in [-0.4, -0.2) is 55.3 Å². The van der Waals surface area contributed by atoms with Gasteiger partial charge in [0.25, 0.3) is 0 Å². The van der Waals surface area contributed by atoms with Crippen LogP contribution in [0, 0.1) is 0 Å². The lowest BCUT2D eigenvalue weighted by Gasteiger charge is -2.33. The molecule has 2 amide bonds. The van der Waals surface area contributed by atoms with Gasteiger partial charge in [-0.05, 0) is 64.4 Å². The molecular weight excluding hydrogens is 525 g/mol. The number of anilines is 1. The summed E-state index contributed by atoms with van der Waals surface area (Å²) in [6.07, 6.45) is 0.972. The van der Waals surface area contributed by atoms with Crippen molar-refractivity contribution in [3.63, 3.8) is 0 Å². The normalized spacial score (nSPS) is 12.6. The Morgan fingerprint density at radius 1 is 1.03 bits per heavy atom. The summed E-state index contributed by atoms with van der Waals surface area (Å²) in [6, 6.07) is 9.92. The number of Topliss-reactive ketones (excluding diaryl/α,β-unsaturated/α-hetero) is 1. The van der Waals surface area contributed by atoms with Gasteiger partial charge in [-0.25, -0.2) is 8.42 Å². The van der Waals surface area contributed by atoms with Crippen LogP contribution in [0.4, 0.5) is 5.69 Å². The molecule has 1 unspecified atom stereocenters. The minimum atomic E-state index is -3.91. The highest BCUT2D eigenvalue weighted by Crippen LogP contribution is 2.25. The zero-order valence-electron chi connectivity index (χ0n) is 21.1. The maximum Gasteiger partial charge on any atom is 0.244 e. The van der Waals surface area contributed by atoms with Crippen LogP contribution in [0.2, 0.25) is 10.0 Å². The average molecular weight is 557 g/mol. The van der Waals surface area contributed by atoms with Crippen molar-refractivity contribution in [3.05, 3.63) is 63.6 Å². The van der Waals surface area contributed by atoms with Gasteiger partial charge in [0.1, 0.15) is 12.6 Å². The fourth-order valence-electron chi connectivity index (χ4n) is 3.39. The van der Waals surface area contributed by atoms with E-state index >= 15 is 0 Å². The summed E-state index contributed by atoms with van der Waals surface area (Å²) < 4.78 is 26.2. The number of halogens is 2. The van der Waals surface area contributed by atoms with Gasteiger partial charge in [0.2, 0.25) is 21.8 Å². The van der Waals surface area contributed by atoms with Crippen LogP contribution >= 0.6 is 23.2 Å². The Bertz CT molecular complexity index is 1260. The molecule has 0 fully saturated rings. The van der Waals surface area contributed by atoms with Gasteiger partial charge in [0, 0.05) is 17.6 Å². The molecule has 36 heavy (non-hydrogen) atoms. The summed E-state index contributed by atoms with van der Waals surface area (Å²) in [7, 11) is -3.91. The van der Waals surface area contributed by atoms with Crippen LogP contribution in [-0.2, 0) is 26.2 Å². The molecule has 0 bridgehead atoms. The molecule has 0 radical (unpaired) electrons. The molecule has 0 aliphatic carbocycles. The van der Waals surface area contributed by atoms with Crippen molar-refractivity contribution in [2.24, 2.45) is 0 Å². The van der Waals surface area contributed by atoms with E-state index in [0.29, 0.717) is 16.1 Å². The maximum absolute atomic E-state index is 13.6. The number of carbonyl (C=O) groups is 3. The van der Waals surface area contributed by atoms with E-state index in [1.165, 1.54) is 24.0 Å². The molecule has 0 aliphatic rings. The summed E-state index contributed by atoms with van der Waals surface area (Å²) in [5.41, 5.74) is 0.534. The molecule has 2 aromatic rings. The standard InChI is InChI=1S/C25H31Cl2N3O5S/c1-16(24(33)28-25(3,4)5)29(14-18-10-11-21(26)22(27)12-18)23(32)15-30(36(6,34)35)20-9-7-8-19(13-20)17(2)31/h7-13,16H,14-15H2,1-6H3,(H,28,33). The Kier molecular flexibility index (Phi) is 9.56. The highest BCUT2D eigenvalue weighted by molar-refractivity contribution is 7.92. The Balaban J connectivity index is 2.47. The third-order valence-electron chi connectivity index (χ3n) is 5.22. The zero-order valence-corrected chi connectivity index (χ0v) is 23.5. The van der Waals surface area contributed by atoms with E-state index in [1.54, 1.807) is 37.3 Å². The van der Waals surface area contributed by atoms with Crippen LogP contribution in [0.5, 0.6) is 0 Å². The predicted octanol–water partition coefficient (Wildman–Crippen LogP) is 4.29. The lowest BCUT2D eigenvalue weighted by molar-refractivity contribution is -0.140. The van der Waals surface area contributed by atoms with E-state index in [-0.39, 0.29) is 23.0 Å². The summed E-state index contributed by atoms with van der Waals surface area (Å²) in [6.45, 7) is 7.79. The molecule has 1 atom stereocenters. The Morgan fingerprint density at radius 2 is 1.67 bits per heavy atom. The molecule has 0 aliphatic heterocycles. The Hall–Kier alpha value is -2.62. The van der Waals surface area contributed by atoms with Gasteiger partial charge in [-0.3, -0.25) is 18.7 Å². The first-order valence-corrected chi connectivity index (χ1v) is 13.7. The minimum Gasteiger partial charge on any atom is -0.350 e. The Labute approximate surface area is 222 Å². The van der Waals surface area contributed by atoms with E-state index in [1.807, 2.05) is 20.8 Å². The summed E-state index contributed by atoms with van der Waals surface area (Å²) in [5.74, 6) is -1.26. The van der Waals surface area contributed by atoms with Crippen molar-refractivity contribution in [2.75, 3.05) is 17.1 Å². The van der Waals surface area contributed by atoms with Crippen molar-refractivity contribution in [2.45, 2.75) is 52.7 Å². The van der Waals surface area contributed by atoms with Crippen molar-refractivity contribution in [1.29, 1.82) is 0 Å². The second kappa shape index (κ2) is 11.6. The molecule has 0 heterocycles. The maximum atomic E-state index is 13.6. The number of hydrogen-bond donors (Lipinski definition) is 1. The second-order valence-corrected chi connectivity index (χ2v) is 12.3. The Morgan fingerprint density at radius 3 is 2.19 bits per heavy atom. The second-order valence-electron chi connectivity index (χ2n) is 9.56. The SMILES string of the molecule is CC(=O)c1cccc(N(CC(=O)N(Cc2ccc(Cl)c(Cl)c2)C(C)C(=O)NC(C)(C)C)S(C)(=O)=O)c1. The van der Waals surface area contributed by atoms with E-state index in [9.17, 15) is 22.8 Å². The molecule has 1 N–H and O–H groups in total. The van der Waals surface area contributed by atoms with Crippen LogP contribution in [0.15, 0.2) is 42.5 Å². The number of carbonyl (C=O) groups excluding carboxylic acids is 3. The monoisotopic (exact) mass is 555 g/mol. The number of nitrogens with zero attached hydrogens (tertiary/aromatic N) is 2. The van der Waals surface area contributed by atoms with Crippen molar-refractivity contribution in [1.82, 2.24) is 10.2 Å². The highest BCUT2D eigenvalue weighted by Gasteiger charge is 2.31. The molecule has 0 spiro atoms. The van der Waals surface area contributed by atoms with Gasteiger partial charge < -0.3 is 10.2 Å². The summed E-state index contributed by atoms with van der Waals surface area (Å²) >= 11 is 12.2. The van der Waals surface area contributed by atoms with Crippen LogP contribution in [0.1, 0.15) is 50.5 Å². The third kappa shape index (κ3) is 8.21. The number of nitrogens with one attached hydrogen (secondary N) is 1. The van der Waals surface area contributed by atoms with Gasteiger partial charge in [0.15, 0.2) is 5.78 Å². The summed E-state index contributed by atoms with van der Waals surface area (Å²) in [4.78, 5) is 39.7. The number of rotatable bonds is 9. The number of ketones is 1. The first-order chi connectivity index (χ1) is 16.5. The van der Waals surface area contributed by atoms with Crippen molar-refractivity contribution >= 4 is 56.5 Å². The van der Waals surface area contributed by atoms with Gasteiger partial charge in [0.05, 0.1) is 22.0 Å².